The number of ether oxygens (including phenoxy) is 2. The standard InChI is InChI=1S/C33H35Cl2N3O4/c34-23-5-10-26(11-6-23)42-33(40)38-19-15-28-29-21-24(35)7-12-30(29)36-31(28)32(38)22-3-8-25(9-4-22)41-27-13-17-37(18-14-27)16-1-2-20-39/h3-12,21,27,32,36,39H,1-2,13-20H2/t32-/m0/s1. The molecule has 1 fully saturated rings. The molecule has 3 aromatic carbocycles. The highest BCUT2D eigenvalue weighted by Crippen LogP contribution is 2.40. The maximum atomic E-state index is 13.5. The van der Waals surface area contributed by atoms with Crippen molar-refractivity contribution in [1.29, 1.82) is 0 Å². The van der Waals surface area contributed by atoms with Crippen LogP contribution < -0.4 is 9.47 Å². The zero-order valence-corrected chi connectivity index (χ0v) is 24.9. The molecule has 2 N–H and O–H groups in total. The van der Waals surface area contributed by atoms with Crippen LogP contribution in [0.3, 0.4) is 0 Å². The van der Waals surface area contributed by atoms with Crippen LogP contribution in [0.15, 0.2) is 66.7 Å². The van der Waals surface area contributed by atoms with Gasteiger partial charge >= 0.3 is 6.09 Å². The Labute approximate surface area is 255 Å². The number of carbonyl (C=O) groups is 1. The number of amides is 1. The van der Waals surface area contributed by atoms with E-state index in [4.69, 9.17) is 37.8 Å². The van der Waals surface area contributed by atoms with E-state index < -0.39 is 6.09 Å². The summed E-state index contributed by atoms with van der Waals surface area (Å²) in [5.74, 6) is 1.27. The third-order valence-electron chi connectivity index (χ3n) is 8.26. The van der Waals surface area contributed by atoms with Crippen LogP contribution in [0.4, 0.5) is 4.79 Å². The Morgan fingerprint density at radius 3 is 2.36 bits per heavy atom. The molecule has 220 valence electrons. The van der Waals surface area contributed by atoms with Crippen molar-refractivity contribution >= 4 is 40.2 Å². The van der Waals surface area contributed by atoms with E-state index in [1.807, 2.05) is 42.5 Å². The Bertz CT molecular complexity index is 1520. The normalized spacial score (nSPS) is 17.8. The fourth-order valence-corrected chi connectivity index (χ4v) is 6.38. The molecule has 0 radical (unpaired) electrons. The van der Waals surface area contributed by atoms with Crippen molar-refractivity contribution in [3.05, 3.63) is 93.6 Å². The van der Waals surface area contributed by atoms with E-state index in [0.717, 1.165) is 73.2 Å². The van der Waals surface area contributed by atoms with Crippen molar-refractivity contribution in [3.8, 4) is 11.5 Å². The largest absolute Gasteiger partial charge is 0.490 e. The maximum Gasteiger partial charge on any atom is 0.416 e. The second kappa shape index (κ2) is 13.0. The minimum atomic E-state index is -0.421. The number of aromatic nitrogens is 1. The lowest BCUT2D eigenvalue weighted by molar-refractivity contribution is 0.0985. The van der Waals surface area contributed by atoms with E-state index >= 15 is 0 Å². The summed E-state index contributed by atoms with van der Waals surface area (Å²) in [5.41, 5.74) is 4.09. The number of aromatic amines is 1. The summed E-state index contributed by atoms with van der Waals surface area (Å²) in [4.78, 5) is 21.3. The molecule has 2 aliphatic heterocycles. The number of fused-ring (bicyclic) bond motifs is 3. The number of hydrogen-bond acceptors (Lipinski definition) is 5. The first-order valence-corrected chi connectivity index (χ1v) is 15.4. The first kappa shape index (κ1) is 28.9. The van der Waals surface area contributed by atoms with E-state index in [0.29, 0.717) is 28.8 Å². The van der Waals surface area contributed by atoms with Gasteiger partial charge in [0.25, 0.3) is 0 Å². The van der Waals surface area contributed by atoms with Crippen LogP contribution in [0.1, 0.15) is 48.5 Å². The number of benzene rings is 3. The number of aliphatic hydroxyl groups is 1. The van der Waals surface area contributed by atoms with Gasteiger partial charge in [-0.2, -0.15) is 0 Å². The molecule has 1 amide bonds. The van der Waals surface area contributed by atoms with Crippen LogP contribution in [-0.4, -0.2) is 64.9 Å². The predicted molar refractivity (Wildman–Crippen MR) is 166 cm³/mol. The van der Waals surface area contributed by atoms with E-state index in [2.05, 4.69) is 9.88 Å². The average Bonchev–Trinajstić information content (AvgIpc) is 3.37. The Morgan fingerprint density at radius 2 is 1.62 bits per heavy atom. The average molecular weight is 609 g/mol. The van der Waals surface area contributed by atoms with E-state index in [1.165, 1.54) is 5.56 Å². The van der Waals surface area contributed by atoms with Crippen molar-refractivity contribution in [2.45, 2.75) is 44.2 Å². The summed E-state index contributed by atoms with van der Waals surface area (Å²) in [5, 5.41) is 11.4. The van der Waals surface area contributed by atoms with E-state index in [-0.39, 0.29) is 18.8 Å². The van der Waals surface area contributed by atoms with Crippen LogP contribution >= 0.6 is 23.2 Å². The first-order valence-electron chi connectivity index (χ1n) is 14.6. The number of carbonyl (C=O) groups excluding carboxylic acids is 1. The minimum Gasteiger partial charge on any atom is -0.490 e. The molecule has 0 bridgehead atoms. The summed E-state index contributed by atoms with van der Waals surface area (Å²) in [6.45, 7) is 3.80. The molecule has 3 heterocycles. The molecule has 2 aliphatic rings. The van der Waals surface area contributed by atoms with Crippen molar-refractivity contribution in [2.75, 3.05) is 32.8 Å². The molecule has 9 heteroatoms. The van der Waals surface area contributed by atoms with Crippen LogP contribution in [0.25, 0.3) is 10.9 Å². The summed E-state index contributed by atoms with van der Waals surface area (Å²) >= 11 is 12.4. The highest BCUT2D eigenvalue weighted by atomic mass is 35.5. The van der Waals surface area contributed by atoms with Crippen LogP contribution in [0, 0.1) is 0 Å². The molecular weight excluding hydrogens is 573 g/mol. The first-order chi connectivity index (χ1) is 20.5. The second-order valence-electron chi connectivity index (χ2n) is 11.0. The number of hydrogen-bond donors (Lipinski definition) is 2. The minimum absolute atomic E-state index is 0.176. The number of piperidine rings is 1. The van der Waals surface area contributed by atoms with Crippen molar-refractivity contribution in [1.82, 2.24) is 14.8 Å². The smallest absolute Gasteiger partial charge is 0.416 e. The molecule has 6 rings (SSSR count). The molecule has 0 unspecified atom stereocenters. The third kappa shape index (κ3) is 6.40. The monoisotopic (exact) mass is 607 g/mol. The molecule has 1 saturated heterocycles. The van der Waals surface area contributed by atoms with Gasteiger partial charge in [0.05, 0.1) is 0 Å². The maximum absolute atomic E-state index is 13.5. The molecule has 4 aromatic rings. The molecule has 0 spiro atoms. The number of likely N-dealkylation sites (tertiary alicyclic amines) is 1. The van der Waals surface area contributed by atoms with E-state index in [1.54, 1.807) is 29.2 Å². The van der Waals surface area contributed by atoms with Crippen LogP contribution in [-0.2, 0) is 6.42 Å². The summed E-state index contributed by atoms with van der Waals surface area (Å²) in [7, 11) is 0. The van der Waals surface area contributed by atoms with Gasteiger partial charge in [-0.05, 0) is 104 Å². The Kier molecular flexibility index (Phi) is 8.91. The highest BCUT2D eigenvalue weighted by molar-refractivity contribution is 6.31. The number of H-pyrrole nitrogens is 1. The molecular formula is C33H35Cl2N3O4. The quantitative estimate of drug-likeness (QED) is 0.206. The van der Waals surface area contributed by atoms with Gasteiger partial charge in [0, 0.05) is 52.9 Å². The van der Waals surface area contributed by atoms with Gasteiger partial charge in [-0.1, -0.05) is 35.3 Å². The number of halogens is 2. The zero-order valence-electron chi connectivity index (χ0n) is 23.4. The zero-order chi connectivity index (χ0) is 29.1. The summed E-state index contributed by atoms with van der Waals surface area (Å²) < 4.78 is 12.1. The number of nitrogens with one attached hydrogen (secondary N) is 1. The number of aliphatic hydroxyl groups excluding tert-OH is 1. The van der Waals surface area contributed by atoms with Crippen molar-refractivity contribution in [3.63, 3.8) is 0 Å². The fourth-order valence-electron chi connectivity index (χ4n) is 6.09. The van der Waals surface area contributed by atoms with Gasteiger partial charge in [-0.3, -0.25) is 4.90 Å². The fraction of sp³-hybridized carbons (Fsp3) is 0.364. The lowest BCUT2D eigenvalue weighted by Crippen LogP contribution is -2.42. The molecule has 1 atom stereocenters. The molecule has 0 aliphatic carbocycles. The van der Waals surface area contributed by atoms with Crippen molar-refractivity contribution in [2.24, 2.45) is 0 Å². The summed E-state index contributed by atoms with van der Waals surface area (Å²) in [6.07, 6.45) is 4.28. The van der Waals surface area contributed by atoms with Crippen LogP contribution in [0.5, 0.6) is 11.5 Å². The van der Waals surface area contributed by atoms with Gasteiger partial charge in [0.15, 0.2) is 0 Å². The Balaban J connectivity index is 1.22. The lowest BCUT2D eigenvalue weighted by Gasteiger charge is -2.35. The molecule has 1 aromatic heterocycles. The molecule has 7 nitrogen and oxygen atoms in total. The van der Waals surface area contributed by atoms with Crippen LogP contribution in [0.2, 0.25) is 10.0 Å². The predicted octanol–water partition coefficient (Wildman–Crippen LogP) is 7.24. The van der Waals surface area contributed by atoms with E-state index in [9.17, 15) is 4.79 Å². The van der Waals surface area contributed by atoms with Gasteiger partial charge in [-0.25, -0.2) is 4.79 Å². The van der Waals surface area contributed by atoms with Gasteiger partial charge in [-0.15, -0.1) is 0 Å². The Morgan fingerprint density at radius 1 is 0.905 bits per heavy atom. The van der Waals surface area contributed by atoms with Gasteiger partial charge < -0.3 is 24.5 Å². The number of unbranched alkanes of at least 4 members (excludes halogenated alkanes) is 1. The van der Waals surface area contributed by atoms with Gasteiger partial charge in [0.2, 0.25) is 0 Å². The van der Waals surface area contributed by atoms with Gasteiger partial charge in [0.1, 0.15) is 23.6 Å². The third-order valence-corrected chi connectivity index (χ3v) is 8.75. The molecule has 0 saturated carbocycles. The second-order valence-corrected chi connectivity index (χ2v) is 11.9. The van der Waals surface area contributed by atoms with Crippen molar-refractivity contribution < 1.29 is 19.4 Å². The SMILES string of the molecule is O=C(Oc1ccc(Cl)cc1)N1CCc2c([nH]c3ccc(Cl)cc23)[C@@H]1c1ccc(OC2CCN(CCCCO)CC2)cc1. The number of rotatable bonds is 8. The summed E-state index contributed by atoms with van der Waals surface area (Å²) in [6, 6.07) is 20.4. The highest BCUT2D eigenvalue weighted by Gasteiger charge is 2.36. The lowest BCUT2D eigenvalue weighted by atomic mass is 9.92. The Hall–Kier alpha value is -3.23. The number of nitrogens with zero attached hydrogens (tertiary/aromatic N) is 2. The molecule has 42 heavy (non-hydrogen) atoms. The topological polar surface area (TPSA) is 78.0 Å².